The van der Waals surface area contributed by atoms with Crippen LogP contribution in [0.2, 0.25) is 0 Å². The number of benzene rings is 5. The monoisotopic (exact) mass is 425 g/mol. The van der Waals surface area contributed by atoms with Crippen LogP contribution in [0.15, 0.2) is 121 Å². The van der Waals surface area contributed by atoms with Crippen molar-refractivity contribution in [1.82, 2.24) is 4.98 Å². The lowest BCUT2D eigenvalue weighted by Gasteiger charge is -2.09. The summed E-state index contributed by atoms with van der Waals surface area (Å²) in [5, 5.41) is 3.49. The summed E-state index contributed by atoms with van der Waals surface area (Å²) in [7, 11) is 0. The number of para-hydroxylation sites is 1. The molecule has 0 fully saturated rings. The van der Waals surface area contributed by atoms with Gasteiger partial charge in [0.2, 0.25) is 0 Å². The molecule has 0 saturated heterocycles. The number of hydrogen-bond acceptors (Lipinski definition) is 1. The number of pyridine rings is 1. The predicted molar refractivity (Wildman–Crippen MR) is 136 cm³/mol. The summed E-state index contributed by atoms with van der Waals surface area (Å²) in [5.41, 5.74) is 7.74. The Morgan fingerprint density at radius 1 is 0.424 bits per heavy atom. The van der Waals surface area contributed by atoms with Gasteiger partial charge in [-0.3, -0.25) is 4.98 Å². The van der Waals surface area contributed by atoms with E-state index in [0.29, 0.717) is 0 Å². The van der Waals surface area contributed by atoms with Gasteiger partial charge in [0, 0.05) is 17.1 Å². The van der Waals surface area contributed by atoms with Crippen molar-refractivity contribution in [2.45, 2.75) is 0 Å². The molecule has 0 aliphatic heterocycles. The van der Waals surface area contributed by atoms with E-state index in [1.807, 2.05) is 36.5 Å². The Morgan fingerprint density at radius 2 is 0.909 bits per heavy atom. The molecule has 156 valence electrons. The fourth-order valence-corrected chi connectivity index (χ4v) is 4.33. The molecule has 0 N–H and O–H groups in total. The Labute approximate surface area is 191 Å². The Morgan fingerprint density at radius 3 is 1.55 bits per heavy atom. The first kappa shape index (κ1) is 19.4. The quantitative estimate of drug-likeness (QED) is 0.277. The van der Waals surface area contributed by atoms with E-state index in [-0.39, 0.29) is 5.82 Å². The standard InChI is InChI=1S/C31H20FN/c32-30-15-13-22(14-16-30)25-10-12-26-17-24(9-11-27(26)18-25)21-5-7-23(8-6-21)29-19-28-3-1-2-4-31(28)33-20-29/h1-20H. The lowest BCUT2D eigenvalue weighted by atomic mass is 9.96. The van der Waals surface area contributed by atoms with Crippen LogP contribution in [0.3, 0.4) is 0 Å². The van der Waals surface area contributed by atoms with Crippen LogP contribution in [0.1, 0.15) is 0 Å². The molecule has 0 saturated carbocycles. The Hall–Kier alpha value is -4.30. The second-order valence-electron chi connectivity index (χ2n) is 8.28. The number of fused-ring (bicyclic) bond motifs is 2. The summed E-state index contributed by atoms with van der Waals surface area (Å²) < 4.78 is 13.2. The summed E-state index contributed by atoms with van der Waals surface area (Å²) >= 11 is 0. The third-order valence-electron chi connectivity index (χ3n) is 6.16. The molecule has 0 atom stereocenters. The average Bonchev–Trinajstić information content (AvgIpc) is 2.88. The fourth-order valence-electron chi connectivity index (χ4n) is 4.33. The van der Waals surface area contributed by atoms with Crippen molar-refractivity contribution >= 4 is 21.7 Å². The van der Waals surface area contributed by atoms with E-state index in [4.69, 9.17) is 0 Å². The lowest BCUT2D eigenvalue weighted by molar-refractivity contribution is 0.628. The molecule has 0 bridgehead atoms. The maximum atomic E-state index is 13.2. The zero-order chi connectivity index (χ0) is 22.2. The minimum Gasteiger partial charge on any atom is -0.256 e. The highest BCUT2D eigenvalue weighted by Crippen LogP contribution is 2.30. The Bertz CT molecular complexity index is 1600. The van der Waals surface area contributed by atoms with Crippen LogP contribution in [-0.4, -0.2) is 4.98 Å². The van der Waals surface area contributed by atoms with Crippen molar-refractivity contribution in [3.05, 3.63) is 127 Å². The van der Waals surface area contributed by atoms with Gasteiger partial charge >= 0.3 is 0 Å². The largest absolute Gasteiger partial charge is 0.256 e. The van der Waals surface area contributed by atoms with Crippen molar-refractivity contribution in [2.75, 3.05) is 0 Å². The summed E-state index contributed by atoms with van der Waals surface area (Å²) in [4.78, 5) is 4.59. The molecule has 2 heteroatoms. The molecule has 0 amide bonds. The first-order valence-electron chi connectivity index (χ1n) is 11.0. The van der Waals surface area contributed by atoms with Crippen molar-refractivity contribution in [3.63, 3.8) is 0 Å². The second-order valence-corrected chi connectivity index (χ2v) is 8.28. The van der Waals surface area contributed by atoms with E-state index < -0.39 is 0 Å². The van der Waals surface area contributed by atoms with E-state index in [1.54, 1.807) is 0 Å². The lowest BCUT2D eigenvalue weighted by Crippen LogP contribution is -1.84. The second kappa shape index (κ2) is 7.99. The zero-order valence-corrected chi connectivity index (χ0v) is 17.9. The first-order chi connectivity index (χ1) is 16.2. The fraction of sp³-hybridized carbons (Fsp3) is 0. The topological polar surface area (TPSA) is 12.9 Å². The van der Waals surface area contributed by atoms with Crippen LogP contribution in [0.5, 0.6) is 0 Å². The van der Waals surface area contributed by atoms with E-state index in [2.05, 4.69) is 77.8 Å². The van der Waals surface area contributed by atoms with Gasteiger partial charge in [-0.2, -0.15) is 0 Å². The first-order valence-corrected chi connectivity index (χ1v) is 11.0. The minimum atomic E-state index is -0.216. The van der Waals surface area contributed by atoms with Gasteiger partial charge in [-0.15, -0.1) is 0 Å². The summed E-state index contributed by atoms with van der Waals surface area (Å²) in [5.74, 6) is -0.216. The summed E-state index contributed by atoms with van der Waals surface area (Å²) in [6.45, 7) is 0. The Balaban J connectivity index is 1.30. The molecule has 1 nitrogen and oxygen atoms in total. The van der Waals surface area contributed by atoms with Gasteiger partial charge in [-0.25, -0.2) is 4.39 Å². The van der Waals surface area contributed by atoms with E-state index in [0.717, 1.165) is 33.2 Å². The van der Waals surface area contributed by atoms with Gasteiger partial charge in [0.25, 0.3) is 0 Å². The van der Waals surface area contributed by atoms with Gasteiger partial charge < -0.3 is 0 Å². The van der Waals surface area contributed by atoms with Crippen LogP contribution >= 0.6 is 0 Å². The highest BCUT2D eigenvalue weighted by molar-refractivity contribution is 5.91. The minimum absolute atomic E-state index is 0.216. The normalized spacial score (nSPS) is 11.2. The van der Waals surface area contributed by atoms with Gasteiger partial charge in [0.05, 0.1) is 5.52 Å². The van der Waals surface area contributed by atoms with Gasteiger partial charge in [0.15, 0.2) is 0 Å². The molecule has 6 aromatic rings. The van der Waals surface area contributed by atoms with Gasteiger partial charge in [-0.1, -0.05) is 78.9 Å². The number of nitrogens with zero attached hydrogens (tertiary/aromatic N) is 1. The molecular formula is C31H20FN. The predicted octanol–water partition coefficient (Wildman–Crippen LogP) is 8.53. The average molecular weight is 426 g/mol. The van der Waals surface area contributed by atoms with Gasteiger partial charge in [0.1, 0.15) is 5.82 Å². The third kappa shape index (κ3) is 3.77. The molecule has 0 unspecified atom stereocenters. The number of hydrogen-bond donors (Lipinski definition) is 0. The number of rotatable bonds is 3. The maximum Gasteiger partial charge on any atom is 0.123 e. The van der Waals surface area contributed by atoms with Crippen LogP contribution in [0, 0.1) is 5.82 Å². The number of aromatic nitrogens is 1. The maximum absolute atomic E-state index is 13.2. The highest BCUT2D eigenvalue weighted by Gasteiger charge is 2.05. The molecule has 6 rings (SSSR count). The summed E-state index contributed by atoms with van der Waals surface area (Å²) in [6, 6.07) is 38.5. The molecule has 0 aliphatic rings. The van der Waals surface area contributed by atoms with E-state index in [1.165, 1.54) is 34.0 Å². The molecule has 1 aromatic heterocycles. The van der Waals surface area contributed by atoms with Gasteiger partial charge in [-0.05, 0) is 75.0 Å². The highest BCUT2D eigenvalue weighted by atomic mass is 19.1. The van der Waals surface area contributed by atoms with E-state index in [9.17, 15) is 4.39 Å². The summed E-state index contributed by atoms with van der Waals surface area (Å²) in [6.07, 6.45) is 1.94. The number of halogens is 1. The third-order valence-corrected chi connectivity index (χ3v) is 6.16. The van der Waals surface area contributed by atoms with Crippen molar-refractivity contribution in [1.29, 1.82) is 0 Å². The van der Waals surface area contributed by atoms with Crippen molar-refractivity contribution in [2.24, 2.45) is 0 Å². The molecule has 33 heavy (non-hydrogen) atoms. The van der Waals surface area contributed by atoms with Crippen LogP contribution in [-0.2, 0) is 0 Å². The molecule has 0 spiro atoms. The molecule has 0 radical (unpaired) electrons. The van der Waals surface area contributed by atoms with Crippen LogP contribution in [0.25, 0.3) is 55.1 Å². The smallest absolute Gasteiger partial charge is 0.123 e. The van der Waals surface area contributed by atoms with Crippen molar-refractivity contribution in [3.8, 4) is 33.4 Å². The zero-order valence-electron chi connectivity index (χ0n) is 17.9. The van der Waals surface area contributed by atoms with Crippen LogP contribution < -0.4 is 0 Å². The molecule has 5 aromatic carbocycles. The van der Waals surface area contributed by atoms with E-state index >= 15 is 0 Å². The van der Waals surface area contributed by atoms with Crippen LogP contribution in [0.4, 0.5) is 4.39 Å². The SMILES string of the molecule is Fc1ccc(-c2ccc3cc(-c4ccc(-c5cnc6ccccc6c5)cc4)ccc3c2)cc1. The molecular weight excluding hydrogens is 405 g/mol. The Kier molecular flexibility index (Phi) is 4.70. The molecule has 0 aliphatic carbocycles. The molecule has 1 heterocycles. The van der Waals surface area contributed by atoms with Crippen molar-refractivity contribution < 1.29 is 4.39 Å².